The molecule has 3 N–H and O–H groups in total. The van der Waals surface area contributed by atoms with Gasteiger partial charge in [-0.05, 0) is 63.9 Å². The van der Waals surface area contributed by atoms with Crippen molar-refractivity contribution in [3.05, 3.63) is 59.5 Å². The molecule has 2 aromatic carbocycles. The van der Waals surface area contributed by atoms with Crippen LogP contribution >= 0.6 is 0 Å². The molecule has 0 saturated carbocycles. The number of likely N-dealkylation sites (tertiary alicyclic amines) is 1. The predicted molar refractivity (Wildman–Crippen MR) is 128 cm³/mol. The summed E-state index contributed by atoms with van der Waals surface area (Å²) in [5.41, 5.74) is 3.47. The number of amides is 2. The number of carbonyl (C=O) groups is 2. The molecule has 1 atom stereocenters. The molecule has 2 amide bonds. The fraction of sp³-hybridized carbons (Fsp3) is 0.360. The van der Waals surface area contributed by atoms with Crippen molar-refractivity contribution in [1.29, 1.82) is 0 Å². The van der Waals surface area contributed by atoms with E-state index in [1.807, 2.05) is 45.9 Å². The highest BCUT2D eigenvalue weighted by molar-refractivity contribution is 6.32. The van der Waals surface area contributed by atoms with Crippen LogP contribution in [0.15, 0.2) is 42.6 Å². The first-order valence-corrected chi connectivity index (χ1v) is 11.0. The zero-order valence-electron chi connectivity index (χ0n) is 19.3. The number of benzene rings is 2. The second kappa shape index (κ2) is 8.77. The second-order valence-corrected chi connectivity index (χ2v) is 9.40. The summed E-state index contributed by atoms with van der Waals surface area (Å²) in [7, 11) is 0. The molecule has 0 bridgehead atoms. The molecule has 2 aromatic rings. The fourth-order valence-corrected chi connectivity index (χ4v) is 4.04. The Morgan fingerprint density at radius 1 is 1.27 bits per heavy atom. The molecular weight excluding hydrogens is 423 g/mol. The van der Waals surface area contributed by atoms with Gasteiger partial charge in [0.15, 0.2) is 0 Å². The molecule has 0 aromatic heterocycles. The summed E-state index contributed by atoms with van der Waals surface area (Å²) in [5.74, 6) is -0.608. The van der Waals surface area contributed by atoms with Crippen LogP contribution in [0.4, 0.5) is 26.2 Å². The monoisotopic (exact) mass is 452 g/mol. The van der Waals surface area contributed by atoms with Crippen LogP contribution < -0.4 is 16.0 Å². The van der Waals surface area contributed by atoms with Crippen LogP contribution in [0.5, 0.6) is 0 Å². The van der Waals surface area contributed by atoms with E-state index in [4.69, 9.17) is 4.74 Å². The third-order valence-electron chi connectivity index (χ3n) is 5.59. The van der Waals surface area contributed by atoms with Crippen molar-refractivity contribution in [3.8, 4) is 0 Å². The normalized spacial score (nSPS) is 18.8. The third-order valence-corrected chi connectivity index (χ3v) is 5.59. The number of anilines is 3. The second-order valence-electron chi connectivity index (χ2n) is 9.40. The van der Waals surface area contributed by atoms with E-state index in [1.54, 1.807) is 23.2 Å². The molecule has 2 heterocycles. The lowest BCUT2D eigenvalue weighted by atomic mass is 10.0. The van der Waals surface area contributed by atoms with Gasteiger partial charge in [0, 0.05) is 42.3 Å². The summed E-state index contributed by atoms with van der Waals surface area (Å²) >= 11 is 0. The van der Waals surface area contributed by atoms with Gasteiger partial charge in [-0.3, -0.25) is 4.79 Å². The van der Waals surface area contributed by atoms with Crippen LogP contribution in [0.2, 0.25) is 0 Å². The first-order valence-electron chi connectivity index (χ1n) is 11.0. The van der Waals surface area contributed by atoms with E-state index in [0.717, 1.165) is 16.8 Å². The number of hydrogen-bond acceptors (Lipinski definition) is 5. The number of ether oxygens (including phenoxy) is 1. The quantitative estimate of drug-likeness (QED) is 0.571. The van der Waals surface area contributed by atoms with Crippen molar-refractivity contribution >= 4 is 34.6 Å². The van der Waals surface area contributed by atoms with Crippen molar-refractivity contribution in [2.45, 2.75) is 45.8 Å². The van der Waals surface area contributed by atoms with Crippen molar-refractivity contribution in [3.63, 3.8) is 0 Å². The highest BCUT2D eigenvalue weighted by Crippen LogP contribution is 2.34. The molecule has 1 fully saturated rings. The van der Waals surface area contributed by atoms with Gasteiger partial charge in [-0.15, -0.1) is 0 Å². The Kier molecular flexibility index (Phi) is 6.01. The summed E-state index contributed by atoms with van der Waals surface area (Å²) in [6.07, 6.45) is 1.96. The number of nitrogens with zero attached hydrogens (tertiary/aromatic N) is 1. The Labute approximate surface area is 193 Å². The molecule has 2 aliphatic rings. The molecule has 0 aliphatic carbocycles. The molecule has 8 heteroatoms. The largest absolute Gasteiger partial charge is 0.444 e. The summed E-state index contributed by atoms with van der Waals surface area (Å²) < 4.78 is 20.2. The number of fused-ring (bicyclic) bond motifs is 1. The molecule has 174 valence electrons. The van der Waals surface area contributed by atoms with Gasteiger partial charge in [0.1, 0.15) is 11.4 Å². The van der Waals surface area contributed by atoms with E-state index in [9.17, 15) is 14.0 Å². The van der Waals surface area contributed by atoms with E-state index in [0.29, 0.717) is 36.5 Å². The molecule has 7 nitrogen and oxygen atoms in total. The molecule has 0 radical (unpaired) electrons. The average molecular weight is 453 g/mol. The van der Waals surface area contributed by atoms with Gasteiger partial charge in [0.05, 0.1) is 11.3 Å². The smallest absolute Gasteiger partial charge is 0.410 e. The summed E-state index contributed by atoms with van der Waals surface area (Å²) in [4.78, 5) is 26.2. The summed E-state index contributed by atoms with van der Waals surface area (Å²) in [5, 5.41) is 9.05. The Balaban J connectivity index is 1.39. The average Bonchev–Trinajstić information content (AvgIpc) is 3.32. The van der Waals surface area contributed by atoms with Crippen LogP contribution in [0.3, 0.4) is 0 Å². The van der Waals surface area contributed by atoms with E-state index in [2.05, 4.69) is 16.0 Å². The van der Waals surface area contributed by atoms with E-state index in [-0.39, 0.29) is 18.0 Å². The van der Waals surface area contributed by atoms with Crippen molar-refractivity contribution in [2.24, 2.45) is 0 Å². The van der Waals surface area contributed by atoms with Gasteiger partial charge in [0.25, 0.3) is 5.91 Å². The third kappa shape index (κ3) is 5.10. The Morgan fingerprint density at radius 3 is 2.79 bits per heavy atom. The lowest BCUT2D eigenvalue weighted by Crippen LogP contribution is -2.36. The van der Waals surface area contributed by atoms with Gasteiger partial charge >= 0.3 is 6.09 Å². The number of nitrogens with one attached hydrogen (secondary N) is 3. The molecular formula is C25H29FN4O3. The molecule has 0 spiro atoms. The van der Waals surface area contributed by atoms with Crippen molar-refractivity contribution < 1.29 is 18.7 Å². The highest BCUT2D eigenvalue weighted by Gasteiger charge is 2.30. The SMILES string of the molecule is Cc1cccc2c1/C(=C/Nc1ccc(NC3CCN(C(=O)OC(C)(C)C)C3)c(F)c1)C(=O)N2. The predicted octanol–water partition coefficient (Wildman–Crippen LogP) is 4.96. The topological polar surface area (TPSA) is 82.7 Å². The number of rotatable bonds is 4. The van der Waals surface area contributed by atoms with Crippen LogP contribution in [0.1, 0.15) is 38.3 Å². The van der Waals surface area contributed by atoms with Gasteiger partial charge in [-0.2, -0.15) is 0 Å². The van der Waals surface area contributed by atoms with E-state index in [1.165, 1.54) is 6.07 Å². The lowest BCUT2D eigenvalue weighted by molar-refractivity contribution is -0.110. The number of aryl methyl sites for hydroxylation is 1. The van der Waals surface area contributed by atoms with Crippen LogP contribution in [-0.4, -0.2) is 41.6 Å². The first-order chi connectivity index (χ1) is 15.6. The summed E-state index contributed by atoms with van der Waals surface area (Å²) in [6.45, 7) is 8.45. The molecule has 1 unspecified atom stereocenters. The minimum atomic E-state index is -0.549. The first kappa shape index (κ1) is 22.6. The van der Waals surface area contributed by atoms with E-state index < -0.39 is 11.4 Å². The van der Waals surface area contributed by atoms with Gasteiger partial charge < -0.3 is 25.6 Å². The number of hydrogen-bond donors (Lipinski definition) is 3. The highest BCUT2D eigenvalue weighted by atomic mass is 19.1. The minimum Gasteiger partial charge on any atom is -0.444 e. The Morgan fingerprint density at radius 2 is 2.06 bits per heavy atom. The Hall–Kier alpha value is -3.55. The maximum atomic E-state index is 14.8. The number of halogens is 1. The molecule has 33 heavy (non-hydrogen) atoms. The Bertz CT molecular complexity index is 1120. The van der Waals surface area contributed by atoms with Crippen molar-refractivity contribution in [1.82, 2.24) is 4.90 Å². The maximum Gasteiger partial charge on any atom is 0.410 e. The van der Waals surface area contributed by atoms with Crippen LogP contribution in [0.25, 0.3) is 5.57 Å². The zero-order valence-corrected chi connectivity index (χ0v) is 19.3. The van der Waals surface area contributed by atoms with Crippen molar-refractivity contribution in [2.75, 3.05) is 29.0 Å². The fourth-order valence-electron chi connectivity index (χ4n) is 4.04. The van der Waals surface area contributed by atoms with Crippen LogP contribution in [-0.2, 0) is 9.53 Å². The standard InChI is InChI=1S/C25H29FN4O3/c1-15-6-5-7-21-22(15)18(23(31)29-21)13-27-16-8-9-20(19(26)12-16)28-17-10-11-30(14-17)24(32)33-25(2,3)4/h5-9,12-13,17,27-28H,10-11,14H2,1-4H3,(H,29,31)/b18-13-. The molecule has 2 aliphatic heterocycles. The minimum absolute atomic E-state index is 0.0605. The molecule has 1 saturated heterocycles. The van der Waals surface area contributed by atoms with Gasteiger partial charge in [0.2, 0.25) is 0 Å². The van der Waals surface area contributed by atoms with Gasteiger partial charge in [-0.1, -0.05) is 12.1 Å². The lowest BCUT2D eigenvalue weighted by Gasteiger charge is -2.24. The van der Waals surface area contributed by atoms with E-state index >= 15 is 0 Å². The van der Waals surface area contributed by atoms with Crippen LogP contribution in [0, 0.1) is 12.7 Å². The zero-order chi connectivity index (χ0) is 23.8. The molecule has 4 rings (SSSR count). The number of carbonyl (C=O) groups excluding carboxylic acids is 2. The van der Waals surface area contributed by atoms with Gasteiger partial charge in [-0.25, -0.2) is 9.18 Å². The summed E-state index contributed by atoms with van der Waals surface area (Å²) in [6, 6.07) is 10.4. The maximum absolute atomic E-state index is 14.8.